The van der Waals surface area contributed by atoms with Crippen LogP contribution in [0.2, 0.25) is 0 Å². The van der Waals surface area contributed by atoms with E-state index in [0.717, 1.165) is 16.6 Å². The lowest BCUT2D eigenvalue weighted by Crippen LogP contribution is -2.54. The van der Waals surface area contributed by atoms with Crippen molar-refractivity contribution >= 4 is 22.7 Å². The topological polar surface area (TPSA) is 83.0 Å². The van der Waals surface area contributed by atoms with Gasteiger partial charge in [-0.25, -0.2) is 8.78 Å². The second kappa shape index (κ2) is 6.40. The van der Waals surface area contributed by atoms with Crippen LogP contribution in [0.3, 0.4) is 0 Å². The minimum Gasteiger partial charge on any atom is -0.351 e. The highest BCUT2D eigenvalue weighted by Gasteiger charge is 2.47. The Morgan fingerprint density at radius 2 is 2.00 bits per heavy atom. The number of amides is 2. The number of alkyl halides is 2. The fourth-order valence-electron chi connectivity index (χ4n) is 4.06. The van der Waals surface area contributed by atoms with Crippen LogP contribution in [0, 0.1) is 0 Å². The zero-order valence-electron chi connectivity index (χ0n) is 15.4. The molecule has 1 aromatic carbocycles. The van der Waals surface area contributed by atoms with Crippen LogP contribution in [-0.2, 0) is 11.3 Å². The molecule has 150 valence electrons. The van der Waals surface area contributed by atoms with Gasteiger partial charge < -0.3 is 15.2 Å². The Kier molecular flexibility index (Phi) is 3.94. The number of fused-ring (bicyclic) bond motifs is 2. The number of para-hydroxylation sites is 1. The highest BCUT2D eigenvalue weighted by molar-refractivity contribution is 5.98. The zero-order valence-corrected chi connectivity index (χ0v) is 15.4. The number of hydrogen-bond acceptors (Lipinski definition) is 3. The van der Waals surface area contributed by atoms with Crippen LogP contribution in [0.5, 0.6) is 0 Å². The van der Waals surface area contributed by atoms with Crippen molar-refractivity contribution in [2.75, 3.05) is 6.54 Å². The number of nitrogens with zero attached hydrogens (tertiary/aromatic N) is 3. The van der Waals surface area contributed by atoms with E-state index in [1.807, 2.05) is 24.3 Å². The molecule has 5 rings (SSSR count). The van der Waals surface area contributed by atoms with Crippen molar-refractivity contribution in [3.8, 4) is 0 Å². The molecular weight excluding hydrogens is 380 g/mol. The molecule has 2 N–H and O–H groups in total. The van der Waals surface area contributed by atoms with E-state index in [1.54, 1.807) is 27.9 Å². The smallest absolute Gasteiger partial charge is 0.270 e. The predicted molar refractivity (Wildman–Crippen MR) is 100 cm³/mol. The van der Waals surface area contributed by atoms with Gasteiger partial charge in [-0.1, -0.05) is 18.2 Å². The number of nitrogens with one attached hydrogen (secondary N) is 2. The van der Waals surface area contributed by atoms with Crippen molar-refractivity contribution in [2.24, 2.45) is 0 Å². The van der Waals surface area contributed by atoms with E-state index in [0.29, 0.717) is 12.2 Å². The maximum Gasteiger partial charge on any atom is 0.270 e. The Labute approximate surface area is 164 Å². The number of rotatable bonds is 3. The quantitative estimate of drug-likeness (QED) is 0.710. The molecule has 1 atom stereocenters. The average molecular weight is 399 g/mol. The largest absolute Gasteiger partial charge is 0.351 e. The summed E-state index contributed by atoms with van der Waals surface area (Å²) in [6.07, 6.45) is 0.869. The molecule has 1 aliphatic carbocycles. The Morgan fingerprint density at radius 3 is 2.76 bits per heavy atom. The maximum atomic E-state index is 13.1. The third kappa shape index (κ3) is 3.16. The van der Waals surface area contributed by atoms with E-state index in [4.69, 9.17) is 0 Å². The van der Waals surface area contributed by atoms with E-state index >= 15 is 0 Å². The van der Waals surface area contributed by atoms with Gasteiger partial charge >= 0.3 is 0 Å². The van der Waals surface area contributed by atoms with Crippen molar-refractivity contribution < 1.29 is 18.4 Å². The third-order valence-corrected chi connectivity index (χ3v) is 5.58. The van der Waals surface area contributed by atoms with E-state index < -0.39 is 23.9 Å². The minimum atomic E-state index is -2.71. The van der Waals surface area contributed by atoms with Crippen molar-refractivity contribution in [3.05, 3.63) is 54.0 Å². The number of aromatic amines is 1. The molecule has 0 bridgehead atoms. The summed E-state index contributed by atoms with van der Waals surface area (Å²) in [5, 5.41) is 7.80. The summed E-state index contributed by atoms with van der Waals surface area (Å²) in [5.41, 5.74) is 2.02. The van der Waals surface area contributed by atoms with Gasteiger partial charge in [0.15, 0.2) is 0 Å². The average Bonchev–Trinajstić information content (AvgIpc) is 3.31. The summed E-state index contributed by atoms with van der Waals surface area (Å²) in [6, 6.07) is 9.83. The van der Waals surface area contributed by atoms with E-state index in [2.05, 4.69) is 15.4 Å². The van der Waals surface area contributed by atoms with E-state index in [-0.39, 0.29) is 25.3 Å². The zero-order chi connectivity index (χ0) is 20.2. The van der Waals surface area contributed by atoms with Gasteiger partial charge in [-0.15, -0.1) is 0 Å². The Balaban J connectivity index is 1.37. The van der Waals surface area contributed by atoms with Crippen LogP contribution in [0.1, 0.15) is 35.1 Å². The fraction of sp³-hybridized carbons (Fsp3) is 0.350. The number of H-pyrrole nitrogens is 1. The van der Waals surface area contributed by atoms with Gasteiger partial charge in [0, 0.05) is 36.0 Å². The number of carbonyl (C=O) groups excluding carboxylic acids is 2. The van der Waals surface area contributed by atoms with Crippen LogP contribution >= 0.6 is 0 Å². The molecule has 2 amide bonds. The van der Waals surface area contributed by atoms with Crippen LogP contribution in [-0.4, -0.2) is 50.0 Å². The third-order valence-electron chi connectivity index (χ3n) is 5.58. The lowest BCUT2D eigenvalue weighted by atomic mass is 9.88. The second-order valence-corrected chi connectivity index (χ2v) is 7.71. The van der Waals surface area contributed by atoms with Crippen LogP contribution < -0.4 is 5.32 Å². The van der Waals surface area contributed by atoms with Gasteiger partial charge in [0.2, 0.25) is 5.91 Å². The summed E-state index contributed by atoms with van der Waals surface area (Å²) in [6.45, 7) is 0.442. The Hall–Kier alpha value is -3.23. The SMILES string of the molecule is O=C(NC1CC(F)(F)C1)C1CN(C(=O)c2cc3ccccc3[nH]2)Cc2ccnn21. The van der Waals surface area contributed by atoms with Gasteiger partial charge in [-0.2, -0.15) is 5.10 Å². The van der Waals surface area contributed by atoms with Gasteiger partial charge in [-0.05, 0) is 18.2 Å². The van der Waals surface area contributed by atoms with Gasteiger partial charge in [0.25, 0.3) is 11.8 Å². The summed E-state index contributed by atoms with van der Waals surface area (Å²) in [4.78, 5) is 30.5. The number of halogens is 2. The lowest BCUT2D eigenvalue weighted by molar-refractivity contribution is -0.133. The molecule has 0 radical (unpaired) electrons. The molecule has 3 aromatic rings. The predicted octanol–water partition coefficient (Wildman–Crippen LogP) is 2.48. The first-order valence-corrected chi connectivity index (χ1v) is 9.47. The Morgan fingerprint density at radius 1 is 1.21 bits per heavy atom. The van der Waals surface area contributed by atoms with Crippen molar-refractivity contribution in [1.82, 2.24) is 25.0 Å². The monoisotopic (exact) mass is 399 g/mol. The molecule has 2 aliphatic rings. The molecule has 1 saturated carbocycles. The first kappa shape index (κ1) is 17.8. The molecule has 29 heavy (non-hydrogen) atoms. The molecule has 9 heteroatoms. The minimum absolute atomic E-state index is 0.123. The fourth-order valence-corrected chi connectivity index (χ4v) is 4.06. The number of hydrogen-bond donors (Lipinski definition) is 2. The second-order valence-electron chi connectivity index (χ2n) is 7.71. The molecule has 0 spiro atoms. The molecule has 1 unspecified atom stereocenters. The number of carbonyl (C=O) groups is 2. The first-order chi connectivity index (χ1) is 13.9. The van der Waals surface area contributed by atoms with Crippen LogP contribution in [0.15, 0.2) is 42.6 Å². The Bertz CT molecular complexity index is 1060. The summed E-state index contributed by atoms with van der Waals surface area (Å²) >= 11 is 0. The van der Waals surface area contributed by atoms with Crippen molar-refractivity contribution in [3.63, 3.8) is 0 Å². The van der Waals surface area contributed by atoms with Crippen LogP contribution in [0.4, 0.5) is 8.78 Å². The highest BCUT2D eigenvalue weighted by atomic mass is 19.3. The highest BCUT2D eigenvalue weighted by Crippen LogP contribution is 2.37. The summed E-state index contributed by atoms with van der Waals surface area (Å²) in [7, 11) is 0. The standard InChI is InChI=1S/C20H19F2N5O2/c21-20(22)8-13(9-20)24-18(28)17-11-26(10-14-5-6-23-27(14)17)19(29)16-7-12-3-1-2-4-15(12)25-16/h1-7,13,17,25H,8-11H2,(H,24,28). The van der Waals surface area contributed by atoms with Crippen molar-refractivity contribution in [2.45, 2.75) is 37.4 Å². The van der Waals surface area contributed by atoms with Crippen LogP contribution in [0.25, 0.3) is 10.9 Å². The van der Waals surface area contributed by atoms with Gasteiger partial charge in [-0.3, -0.25) is 14.3 Å². The molecule has 1 fully saturated rings. The van der Waals surface area contributed by atoms with Gasteiger partial charge in [0.05, 0.1) is 18.8 Å². The molecule has 0 saturated heterocycles. The molecular formula is C20H19F2N5O2. The van der Waals surface area contributed by atoms with Crippen molar-refractivity contribution in [1.29, 1.82) is 0 Å². The maximum absolute atomic E-state index is 13.1. The molecule has 2 aromatic heterocycles. The van der Waals surface area contributed by atoms with E-state index in [1.165, 1.54) is 0 Å². The van der Waals surface area contributed by atoms with E-state index in [9.17, 15) is 18.4 Å². The van der Waals surface area contributed by atoms with Gasteiger partial charge in [0.1, 0.15) is 11.7 Å². The lowest BCUT2D eigenvalue weighted by Gasteiger charge is -2.38. The number of benzene rings is 1. The summed E-state index contributed by atoms with van der Waals surface area (Å²) < 4.78 is 27.7. The first-order valence-electron chi connectivity index (χ1n) is 9.47. The summed E-state index contributed by atoms with van der Waals surface area (Å²) in [5.74, 6) is -3.33. The molecule has 7 nitrogen and oxygen atoms in total. The number of aromatic nitrogens is 3. The normalized spacial score (nSPS) is 20.9. The molecule has 3 heterocycles. The molecule has 1 aliphatic heterocycles.